The Labute approximate surface area is 83.7 Å². The van der Waals surface area contributed by atoms with E-state index < -0.39 is 0 Å². The van der Waals surface area contributed by atoms with Crippen molar-refractivity contribution in [3.8, 4) is 0 Å². The molecule has 0 aromatic heterocycles. The number of unbranched alkanes of at least 4 members (excludes halogenated alkanes) is 4. The average Bonchev–Trinajstić information content (AvgIpc) is 2.16. The third kappa shape index (κ3) is 11.5. The molecule has 0 saturated heterocycles. The van der Waals surface area contributed by atoms with E-state index in [2.05, 4.69) is 38.2 Å². The third-order valence-corrected chi connectivity index (χ3v) is 1.99. The van der Waals surface area contributed by atoms with Crippen molar-refractivity contribution in [3.63, 3.8) is 0 Å². The van der Waals surface area contributed by atoms with E-state index in [0.717, 1.165) is 0 Å². The summed E-state index contributed by atoms with van der Waals surface area (Å²) in [6, 6.07) is 0. The van der Waals surface area contributed by atoms with Crippen molar-refractivity contribution in [3.05, 3.63) is 24.3 Å². The molecule has 0 atom stereocenters. The fourth-order valence-electron chi connectivity index (χ4n) is 1.16. The number of hydrogen-bond donors (Lipinski definition) is 0. The second-order valence-corrected chi connectivity index (χ2v) is 3.45. The summed E-state index contributed by atoms with van der Waals surface area (Å²) in [7, 11) is 0. The van der Waals surface area contributed by atoms with Crippen LogP contribution in [0, 0.1) is 0 Å². The van der Waals surface area contributed by atoms with Gasteiger partial charge >= 0.3 is 0 Å². The maximum absolute atomic E-state index is 2.32. The highest BCUT2D eigenvalue weighted by molar-refractivity contribution is 4.84. The highest BCUT2D eigenvalue weighted by Gasteiger charge is 1.80. The number of hydrogen-bond acceptors (Lipinski definition) is 0. The quantitative estimate of drug-likeness (QED) is 0.369. The average molecular weight is 180 g/mol. The molecule has 13 heavy (non-hydrogen) atoms. The topological polar surface area (TPSA) is 0 Å². The van der Waals surface area contributed by atoms with Gasteiger partial charge in [-0.1, -0.05) is 51.0 Å². The van der Waals surface area contributed by atoms with Crippen molar-refractivity contribution < 1.29 is 0 Å². The molecule has 0 rings (SSSR count). The molecule has 0 unspecified atom stereocenters. The maximum atomic E-state index is 2.32. The summed E-state index contributed by atoms with van der Waals surface area (Å²) >= 11 is 0. The number of rotatable bonds is 8. The molecule has 0 heteroatoms. The molecular weight excluding hydrogens is 156 g/mol. The summed E-state index contributed by atoms with van der Waals surface area (Å²) in [5.74, 6) is 0. The maximum Gasteiger partial charge on any atom is -0.0348 e. The number of allylic oxidation sites excluding steroid dienone is 4. The van der Waals surface area contributed by atoms with Crippen LogP contribution in [-0.2, 0) is 0 Å². The highest BCUT2D eigenvalue weighted by Crippen LogP contribution is 2.00. The van der Waals surface area contributed by atoms with Gasteiger partial charge in [0, 0.05) is 0 Å². The minimum Gasteiger partial charge on any atom is -0.0885 e. The molecule has 0 N–H and O–H groups in total. The normalized spacial score (nSPS) is 11.8. The molecule has 0 spiro atoms. The van der Waals surface area contributed by atoms with Gasteiger partial charge in [0.2, 0.25) is 0 Å². The van der Waals surface area contributed by atoms with E-state index in [1.807, 2.05) is 0 Å². The summed E-state index contributed by atoms with van der Waals surface area (Å²) in [6.07, 6.45) is 18.1. The van der Waals surface area contributed by atoms with E-state index in [9.17, 15) is 0 Å². The highest BCUT2D eigenvalue weighted by atomic mass is 13.9. The molecule has 0 aromatic carbocycles. The van der Waals surface area contributed by atoms with Crippen molar-refractivity contribution in [2.24, 2.45) is 0 Å². The minimum absolute atomic E-state index is 1.24. The van der Waals surface area contributed by atoms with Crippen LogP contribution in [0.25, 0.3) is 0 Å². The Kier molecular flexibility index (Phi) is 11.0. The lowest BCUT2D eigenvalue weighted by Crippen LogP contribution is -1.70. The Hall–Kier alpha value is -0.520. The first-order valence-electron chi connectivity index (χ1n) is 5.71. The Bertz CT molecular complexity index is 115. The van der Waals surface area contributed by atoms with Crippen molar-refractivity contribution >= 4 is 0 Å². The molecule has 0 nitrogen and oxygen atoms in total. The van der Waals surface area contributed by atoms with Crippen molar-refractivity contribution in [2.75, 3.05) is 0 Å². The zero-order valence-electron chi connectivity index (χ0n) is 9.26. The van der Waals surface area contributed by atoms with Gasteiger partial charge in [-0.3, -0.25) is 0 Å². The van der Waals surface area contributed by atoms with Crippen molar-refractivity contribution in [1.82, 2.24) is 0 Å². The van der Waals surface area contributed by atoms with Crippen LogP contribution in [0.4, 0.5) is 0 Å². The molecule has 0 bridgehead atoms. The van der Waals surface area contributed by atoms with Crippen LogP contribution in [0.1, 0.15) is 58.8 Å². The van der Waals surface area contributed by atoms with Gasteiger partial charge in [0.25, 0.3) is 0 Å². The predicted octanol–water partition coefficient (Wildman–Crippen LogP) is 4.87. The molecule has 0 heterocycles. The molecule has 0 aliphatic carbocycles. The molecular formula is C13H24. The standard InChI is InChI=1S/C13H24/c1-3-5-7-9-11-13-12-10-8-6-4-2/h7-10H,3-6,11-13H2,1-2H3/b9-7+,10-8+. The lowest BCUT2D eigenvalue weighted by molar-refractivity contribution is 0.851. The first kappa shape index (κ1) is 12.5. The van der Waals surface area contributed by atoms with Gasteiger partial charge in [0.1, 0.15) is 0 Å². The van der Waals surface area contributed by atoms with E-state index in [1.54, 1.807) is 0 Å². The lowest BCUT2D eigenvalue weighted by Gasteiger charge is -1.90. The zero-order chi connectivity index (χ0) is 9.78. The van der Waals surface area contributed by atoms with Gasteiger partial charge in [0.15, 0.2) is 0 Å². The Balaban J connectivity index is 3.07. The van der Waals surface area contributed by atoms with Gasteiger partial charge < -0.3 is 0 Å². The Morgan fingerprint density at radius 2 is 1.00 bits per heavy atom. The molecule has 0 aromatic rings. The van der Waals surface area contributed by atoms with Gasteiger partial charge in [-0.2, -0.15) is 0 Å². The van der Waals surface area contributed by atoms with E-state index in [1.165, 1.54) is 44.9 Å². The first-order chi connectivity index (χ1) is 6.41. The summed E-state index contributed by atoms with van der Waals surface area (Å²) < 4.78 is 0. The van der Waals surface area contributed by atoms with E-state index in [4.69, 9.17) is 0 Å². The fraction of sp³-hybridized carbons (Fsp3) is 0.692. The van der Waals surface area contributed by atoms with Gasteiger partial charge in [-0.05, 0) is 32.1 Å². The smallest absolute Gasteiger partial charge is 0.0348 e. The molecule has 76 valence electrons. The van der Waals surface area contributed by atoms with Gasteiger partial charge in [-0.15, -0.1) is 0 Å². The monoisotopic (exact) mass is 180 g/mol. The fourth-order valence-corrected chi connectivity index (χ4v) is 1.16. The van der Waals surface area contributed by atoms with Gasteiger partial charge in [0.05, 0.1) is 0 Å². The van der Waals surface area contributed by atoms with E-state index in [-0.39, 0.29) is 0 Å². The van der Waals surface area contributed by atoms with Crippen LogP contribution in [0.2, 0.25) is 0 Å². The van der Waals surface area contributed by atoms with Crippen LogP contribution in [-0.4, -0.2) is 0 Å². The zero-order valence-corrected chi connectivity index (χ0v) is 9.26. The molecule has 0 saturated carbocycles. The Morgan fingerprint density at radius 1 is 0.615 bits per heavy atom. The molecule has 0 aliphatic rings. The van der Waals surface area contributed by atoms with Crippen LogP contribution in [0.5, 0.6) is 0 Å². The van der Waals surface area contributed by atoms with Crippen LogP contribution in [0.3, 0.4) is 0 Å². The van der Waals surface area contributed by atoms with Crippen LogP contribution >= 0.6 is 0 Å². The second-order valence-electron chi connectivity index (χ2n) is 3.45. The SMILES string of the molecule is CCC/C=C/CCC/C=C/CCC. The van der Waals surface area contributed by atoms with Crippen LogP contribution in [0.15, 0.2) is 24.3 Å². The lowest BCUT2D eigenvalue weighted by atomic mass is 10.2. The summed E-state index contributed by atoms with van der Waals surface area (Å²) in [5, 5.41) is 0. The first-order valence-corrected chi connectivity index (χ1v) is 5.71. The van der Waals surface area contributed by atoms with Gasteiger partial charge in [-0.25, -0.2) is 0 Å². The molecule has 0 amide bonds. The molecule has 0 fully saturated rings. The minimum atomic E-state index is 1.24. The third-order valence-electron chi connectivity index (χ3n) is 1.99. The predicted molar refractivity (Wildman–Crippen MR) is 61.9 cm³/mol. The Morgan fingerprint density at radius 3 is 1.38 bits per heavy atom. The van der Waals surface area contributed by atoms with E-state index in [0.29, 0.717) is 0 Å². The largest absolute Gasteiger partial charge is 0.0885 e. The summed E-state index contributed by atoms with van der Waals surface area (Å²) in [5.41, 5.74) is 0. The summed E-state index contributed by atoms with van der Waals surface area (Å²) in [4.78, 5) is 0. The summed E-state index contributed by atoms with van der Waals surface area (Å²) in [6.45, 7) is 4.44. The van der Waals surface area contributed by atoms with Crippen molar-refractivity contribution in [2.45, 2.75) is 58.8 Å². The van der Waals surface area contributed by atoms with Crippen LogP contribution < -0.4 is 0 Å². The van der Waals surface area contributed by atoms with Crippen molar-refractivity contribution in [1.29, 1.82) is 0 Å². The second kappa shape index (κ2) is 11.5. The molecule has 0 radical (unpaired) electrons. The molecule has 0 aliphatic heterocycles. The van der Waals surface area contributed by atoms with E-state index >= 15 is 0 Å².